The Hall–Kier alpha value is -1.55. The molecule has 0 aliphatic rings. The second-order valence-corrected chi connectivity index (χ2v) is 4.76. The van der Waals surface area contributed by atoms with Gasteiger partial charge in [-0.15, -0.1) is 0 Å². The monoisotopic (exact) mass is 246 g/mol. The Morgan fingerprint density at radius 1 is 1.44 bits per heavy atom. The van der Waals surface area contributed by atoms with E-state index in [0.717, 1.165) is 23.6 Å². The summed E-state index contributed by atoms with van der Waals surface area (Å²) >= 11 is 0. The molecule has 2 N–H and O–H groups in total. The third-order valence-corrected chi connectivity index (χ3v) is 3.50. The molecule has 2 rings (SSSR count). The Morgan fingerprint density at radius 3 is 2.89 bits per heavy atom. The lowest BCUT2D eigenvalue weighted by molar-refractivity contribution is 0.610. The van der Waals surface area contributed by atoms with Gasteiger partial charge in [-0.2, -0.15) is 0 Å². The van der Waals surface area contributed by atoms with Crippen LogP contribution in [-0.2, 0) is 6.54 Å². The summed E-state index contributed by atoms with van der Waals surface area (Å²) in [6.45, 7) is 4.94. The molecule has 0 saturated heterocycles. The number of anilines is 1. The van der Waals surface area contributed by atoms with Crippen molar-refractivity contribution < 1.29 is 0 Å². The first-order valence-corrected chi connectivity index (χ1v) is 6.57. The molecule has 4 heteroatoms. The number of nitrogens with two attached hydrogens (primary N) is 1. The van der Waals surface area contributed by atoms with Crippen LogP contribution in [0.2, 0.25) is 0 Å². The van der Waals surface area contributed by atoms with E-state index >= 15 is 0 Å². The van der Waals surface area contributed by atoms with Gasteiger partial charge in [0.15, 0.2) is 5.82 Å². The number of fused-ring (bicyclic) bond motifs is 1. The van der Waals surface area contributed by atoms with Crippen molar-refractivity contribution in [3.05, 3.63) is 30.1 Å². The van der Waals surface area contributed by atoms with E-state index in [1.165, 1.54) is 6.42 Å². The van der Waals surface area contributed by atoms with Crippen LogP contribution >= 0.6 is 0 Å². The molecule has 4 nitrogen and oxygen atoms in total. The minimum atomic E-state index is 0.477. The fourth-order valence-electron chi connectivity index (χ4n) is 2.33. The van der Waals surface area contributed by atoms with Crippen LogP contribution in [0.15, 0.2) is 24.4 Å². The zero-order valence-electron chi connectivity index (χ0n) is 11.4. The lowest BCUT2D eigenvalue weighted by Crippen LogP contribution is -2.30. The van der Waals surface area contributed by atoms with Crippen LogP contribution in [0.1, 0.15) is 32.4 Å². The molecule has 0 saturated carbocycles. The van der Waals surface area contributed by atoms with Crippen LogP contribution in [0.4, 0.5) is 5.82 Å². The molecule has 2 aromatic heterocycles. The number of hydrogen-bond acceptors (Lipinski definition) is 3. The Kier molecular flexibility index (Phi) is 3.87. The molecule has 0 amide bonds. The Balaban J connectivity index is 2.43. The normalized spacial score (nSPS) is 12.9. The quantitative estimate of drug-likeness (QED) is 0.881. The van der Waals surface area contributed by atoms with Crippen molar-refractivity contribution in [3.63, 3.8) is 0 Å². The first kappa shape index (κ1) is 12.9. The fourth-order valence-corrected chi connectivity index (χ4v) is 2.33. The maximum atomic E-state index is 5.89. The second kappa shape index (κ2) is 5.40. The third-order valence-electron chi connectivity index (χ3n) is 3.50. The largest absolute Gasteiger partial charge is 0.355 e. The lowest BCUT2D eigenvalue weighted by atomic mass is 10.1. The van der Waals surface area contributed by atoms with Crippen molar-refractivity contribution in [3.8, 4) is 0 Å². The molecule has 0 radical (unpaired) electrons. The van der Waals surface area contributed by atoms with Crippen molar-refractivity contribution in [1.82, 2.24) is 9.38 Å². The zero-order valence-corrected chi connectivity index (χ0v) is 11.4. The topological polar surface area (TPSA) is 46.6 Å². The van der Waals surface area contributed by atoms with E-state index in [-0.39, 0.29) is 0 Å². The van der Waals surface area contributed by atoms with Gasteiger partial charge in [-0.3, -0.25) is 0 Å². The summed E-state index contributed by atoms with van der Waals surface area (Å²) in [6.07, 6.45) is 4.36. The molecule has 0 fully saturated rings. The summed E-state index contributed by atoms with van der Waals surface area (Å²) in [5.41, 5.74) is 7.93. The predicted octanol–water partition coefficient (Wildman–Crippen LogP) is 2.42. The summed E-state index contributed by atoms with van der Waals surface area (Å²) in [6, 6.07) is 6.50. The first-order valence-electron chi connectivity index (χ1n) is 6.57. The molecule has 0 aliphatic carbocycles. The molecule has 1 unspecified atom stereocenters. The summed E-state index contributed by atoms with van der Waals surface area (Å²) in [5.74, 6) is 1.00. The van der Waals surface area contributed by atoms with E-state index < -0.39 is 0 Å². The van der Waals surface area contributed by atoms with Gasteiger partial charge in [0, 0.05) is 25.8 Å². The number of hydrogen-bond donors (Lipinski definition) is 1. The van der Waals surface area contributed by atoms with Crippen molar-refractivity contribution in [1.29, 1.82) is 0 Å². The van der Waals surface area contributed by atoms with Gasteiger partial charge in [0.25, 0.3) is 0 Å². The number of imidazole rings is 1. The molecule has 0 bridgehead atoms. The van der Waals surface area contributed by atoms with Gasteiger partial charge in [0.05, 0.1) is 5.69 Å². The molecule has 0 spiro atoms. The minimum absolute atomic E-state index is 0.477. The first-order chi connectivity index (χ1) is 8.69. The highest BCUT2D eigenvalue weighted by Gasteiger charge is 2.17. The van der Waals surface area contributed by atoms with Crippen LogP contribution < -0.4 is 10.6 Å². The molecule has 0 aliphatic heterocycles. The summed E-state index contributed by atoms with van der Waals surface area (Å²) in [7, 11) is 2.10. The summed E-state index contributed by atoms with van der Waals surface area (Å²) < 4.78 is 2.07. The molecular formula is C14H22N4. The van der Waals surface area contributed by atoms with Crippen molar-refractivity contribution in [2.75, 3.05) is 11.9 Å². The van der Waals surface area contributed by atoms with Crippen molar-refractivity contribution in [2.24, 2.45) is 5.73 Å². The predicted molar refractivity (Wildman–Crippen MR) is 75.9 cm³/mol. The summed E-state index contributed by atoms with van der Waals surface area (Å²) in [4.78, 5) is 6.93. The zero-order chi connectivity index (χ0) is 13.1. The highest BCUT2D eigenvalue weighted by atomic mass is 15.2. The highest BCUT2D eigenvalue weighted by Crippen LogP contribution is 2.23. The number of aromatic nitrogens is 2. The highest BCUT2D eigenvalue weighted by molar-refractivity contribution is 5.56. The Morgan fingerprint density at radius 2 is 2.22 bits per heavy atom. The van der Waals surface area contributed by atoms with Crippen molar-refractivity contribution >= 4 is 11.5 Å². The molecule has 18 heavy (non-hydrogen) atoms. The molecule has 2 aromatic rings. The van der Waals surface area contributed by atoms with Crippen molar-refractivity contribution in [2.45, 2.75) is 39.3 Å². The van der Waals surface area contributed by atoms with Gasteiger partial charge in [0.1, 0.15) is 5.65 Å². The van der Waals surface area contributed by atoms with E-state index in [1.807, 2.05) is 24.4 Å². The van der Waals surface area contributed by atoms with E-state index in [4.69, 9.17) is 10.7 Å². The van der Waals surface area contributed by atoms with E-state index in [1.54, 1.807) is 0 Å². The standard InChI is InChI=1S/C14H22N4/c1-4-7-11(2)17(3)14-12(10-15)18-9-6-5-8-13(18)16-14/h5-6,8-9,11H,4,7,10,15H2,1-3H3. The second-order valence-electron chi connectivity index (χ2n) is 4.76. The third kappa shape index (κ3) is 2.20. The average Bonchev–Trinajstić information content (AvgIpc) is 2.76. The van der Waals surface area contributed by atoms with Gasteiger partial charge >= 0.3 is 0 Å². The molecule has 2 heterocycles. The summed E-state index contributed by atoms with van der Waals surface area (Å²) in [5, 5.41) is 0. The minimum Gasteiger partial charge on any atom is -0.355 e. The molecular weight excluding hydrogens is 224 g/mol. The van der Waals surface area contributed by atoms with Gasteiger partial charge in [-0.05, 0) is 25.5 Å². The van der Waals surface area contributed by atoms with Crippen LogP contribution in [0.3, 0.4) is 0 Å². The Labute approximate surface area is 108 Å². The maximum absolute atomic E-state index is 5.89. The van der Waals surface area contributed by atoms with Crippen LogP contribution in [0.5, 0.6) is 0 Å². The average molecular weight is 246 g/mol. The van der Waals surface area contributed by atoms with Gasteiger partial charge in [-0.1, -0.05) is 19.4 Å². The smallest absolute Gasteiger partial charge is 0.152 e. The maximum Gasteiger partial charge on any atom is 0.152 e. The Bertz CT molecular complexity index is 517. The van der Waals surface area contributed by atoms with E-state index in [0.29, 0.717) is 12.6 Å². The molecule has 1 atom stereocenters. The van der Waals surface area contributed by atoms with E-state index in [2.05, 4.69) is 30.2 Å². The van der Waals surface area contributed by atoms with Gasteiger partial charge < -0.3 is 15.0 Å². The number of pyridine rings is 1. The number of rotatable bonds is 5. The van der Waals surface area contributed by atoms with Crippen LogP contribution in [0, 0.1) is 0 Å². The molecule has 98 valence electrons. The van der Waals surface area contributed by atoms with E-state index in [9.17, 15) is 0 Å². The SMILES string of the molecule is CCCC(C)N(C)c1nc2ccccn2c1CN. The van der Waals surface area contributed by atoms with Crippen LogP contribution in [0.25, 0.3) is 5.65 Å². The lowest BCUT2D eigenvalue weighted by Gasteiger charge is -2.25. The van der Waals surface area contributed by atoms with Gasteiger partial charge in [-0.25, -0.2) is 4.98 Å². The van der Waals surface area contributed by atoms with Crippen LogP contribution in [-0.4, -0.2) is 22.5 Å². The van der Waals surface area contributed by atoms with Gasteiger partial charge in [0.2, 0.25) is 0 Å². The fraction of sp³-hybridized carbons (Fsp3) is 0.500. The number of nitrogens with zero attached hydrogens (tertiary/aromatic N) is 3. The molecule has 0 aromatic carbocycles.